The molecule has 0 aromatic heterocycles. The maximum Gasteiger partial charge on any atom is 0.303 e. The van der Waals surface area contributed by atoms with Gasteiger partial charge in [0.1, 0.15) is 0 Å². The van der Waals surface area contributed by atoms with Crippen LogP contribution in [-0.2, 0) is 10.3 Å². The molecule has 0 amide bonds. The van der Waals surface area contributed by atoms with Crippen LogP contribution in [0.2, 0.25) is 0 Å². The Hall–Kier alpha value is -2.91. The molecule has 0 aliphatic heterocycles. The molecule has 3 aromatic carbocycles. The van der Waals surface area contributed by atoms with E-state index in [1.54, 1.807) is 0 Å². The fourth-order valence-corrected chi connectivity index (χ4v) is 3.55. The Bertz CT molecular complexity index is 735. The highest BCUT2D eigenvalue weighted by Crippen LogP contribution is 2.36. The quantitative estimate of drug-likeness (QED) is 0.425. The molecular weight excluding hydrogens is 334 g/mol. The number of benzene rings is 3. The van der Waals surface area contributed by atoms with Gasteiger partial charge in [-0.25, -0.2) is 0 Å². The number of hydrogen-bond acceptors (Lipinski definition) is 2. The second kappa shape index (κ2) is 9.15. The molecule has 0 bridgehead atoms. The number of rotatable bonds is 9. The third-order valence-corrected chi connectivity index (χ3v) is 4.83. The number of carboxylic acid groups (broad SMARTS) is 1. The Morgan fingerprint density at radius 2 is 1.11 bits per heavy atom. The van der Waals surface area contributed by atoms with Gasteiger partial charge in [-0.15, -0.1) is 0 Å². The fourth-order valence-electron chi connectivity index (χ4n) is 3.55. The van der Waals surface area contributed by atoms with E-state index in [0.29, 0.717) is 6.42 Å². The predicted molar refractivity (Wildman–Crippen MR) is 109 cm³/mol. The zero-order valence-electron chi connectivity index (χ0n) is 15.3. The fraction of sp³-hybridized carbons (Fsp3) is 0.208. The van der Waals surface area contributed by atoms with E-state index in [4.69, 9.17) is 5.11 Å². The van der Waals surface area contributed by atoms with Crippen LogP contribution >= 0.6 is 0 Å². The molecule has 3 heteroatoms. The van der Waals surface area contributed by atoms with Crippen LogP contribution in [0.1, 0.15) is 36.0 Å². The summed E-state index contributed by atoms with van der Waals surface area (Å²) in [5, 5.41) is 12.6. The van der Waals surface area contributed by atoms with Crippen LogP contribution in [0.4, 0.5) is 0 Å². The molecule has 0 spiro atoms. The number of nitrogens with one attached hydrogen (secondary N) is 1. The number of unbranched alkanes of at least 4 members (excludes halogenated alkanes) is 1. The van der Waals surface area contributed by atoms with E-state index in [2.05, 4.69) is 78.1 Å². The smallest absolute Gasteiger partial charge is 0.303 e. The third kappa shape index (κ3) is 4.44. The van der Waals surface area contributed by atoms with E-state index in [1.165, 1.54) is 16.7 Å². The first-order valence-electron chi connectivity index (χ1n) is 9.37. The highest BCUT2D eigenvalue weighted by atomic mass is 16.4. The van der Waals surface area contributed by atoms with Crippen LogP contribution in [0.15, 0.2) is 91.0 Å². The minimum atomic E-state index is -0.740. The monoisotopic (exact) mass is 359 g/mol. The molecule has 0 unspecified atom stereocenters. The van der Waals surface area contributed by atoms with Crippen molar-refractivity contribution < 1.29 is 9.90 Å². The van der Waals surface area contributed by atoms with Gasteiger partial charge in [-0.2, -0.15) is 0 Å². The average molecular weight is 359 g/mol. The average Bonchev–Trinajstić information content (AvgIpc) is 2.73. The molecule has 3 aromatic rings. The predicted octanol–water partition coefficient (Wildman–Crippen LogP) is 4.82. The minimum Gasteiger partial charge on any atom is -0.481 e. The lowest BCUT2D eigenvalue weighted by atomic mass is 9.77. The van der Waals surface area contributed by atoms with E-state index < -0.39 is 11.5 Å². The van der Waals surface area contributed by atoms with Gasteiger partial charge in [-0.3, -0.25) is 10.1 Å². The first-order valence-corrected chi connectivity index (χ1v) is 9.37. The van der Waals surface area contributed by atoms with Gasteiger partial charge in [-0.1, -0.05) is 91.0 Å². The van der Waals surface area contributed by atoms with Crippen molar-refractivity contribution >= 4 is 5.97 Å². The van der Waals surface area contributed by atoms with Crippen LogP contribution in [0.3, 0.4) is 0 Å². The molecule has 0 aliphatic carbocycles. The molecule has 27 heavy (non-hydrogen) atoms. The van der Waals surface area contributed by atoms with Crippen molar-refractivity contribution in [1.29, 1.82) is 0 Å². The second-order valence-corrected chi connectivity index (χ2v) is 6.63. The summed E-state index contributed by atoms with van der Waals surface area (Å²) in [5.74, 6) is -0.740. The lowest BCUT2D eigenvalue weighted by Crippen LogP contribution is -2.45. The Morgan fingerprint density at radius 3 is 1.48 bits per heavy atom. The molecule has 3 rings (SSSR count). The number of carboxylic acids is 1. The van der Waals surface area contributed by atoms with Gasteiger partial charge in [-0.05, 0) is 36.1 Å². The SMILES string of the molecule is O=C(O)CCCCNC(c1ccccc1)(c1ccccc1)c1ccccc1. The molecule has 0 saturated heterocycles. The number of aliphatic carboxylic acids is 1. The van der Waals surface area contributed by atoms with Crippen molar-refractivity contribution in [2.24, 2.45) is 0 Å². The van der Waals surface area contributed by atoms with E-state index in [1.807, 2.05) is 18.2 Å². The maximum absolute atomic E-state index is 10.8. The molecule has 138 valence electrons. The van der Waals surface area contributed by atoms with Gasteiger partial charge in [0.2, 0.25) is 0 Å². The van der Waals surface area contributed by atoms with E-state index in [-0.39, 0.29) is 6.42 Å². The van der Waals surface area contributed by atoms with E-state index in [0.717, 1.165) is 13.0 Å². The Kier molecular flexibility index (Phi) is 6.39. The summed E-state index contributed by atoms with van der Waals surface area (Å²) in [4.78, 5) is 10.8. The molecule has 0 aliphatic rings. The first-order chi connectivity index (χ1) is 13.2. The summed E-state index contributed by atoms with van der Waals surface area (Å²) in [5.41, 5.74) is 3.02. The highest BCUT2D eigenvalue weighted by Gasteiger charge is 2.35. The molecule has 2 N–H and O–H groups in total. The molecule has 0 saturated carbocycles. The lowest BCUT2D eigenvalue weighted by Gasteiger charge is -2.37. The normalized spacial score (nSPS) is 11.3. The van der Waals surface area contributed by atoms with Crippen LogP contribution in [-0.4, -0.2) is 17.6 Å². The van der Waals surface area contributed by atoms with E-state index >= 15 is 0 Å². The molecule has 0 heterocycles. The van der Waals surface area contributed by atoms with Crippen molar-refractivity contribution in [2.45, 2.75) is 24.8 Å². The highest BCUT2D eigenvalue weighted by molar-refractivity contribution is 5.66. The standard InChI is InChI=1S/C24H25NO2/c26-23(27)18-10-11-19-25-24(20-12-4-1-5-13-20,21-14-6-2-7-15-21)22-16-8-3-9-17-22/h1-9,12-17,25H,10-11,18-19H2,(H,26,27). The number of hydrogen-bond donors (Lipinski definition) is 2. The van der Waals surface area contributed by atoms with Crippen LogP contribution in [0.25, 0.3) is 0 Å². The zero-order valence-corrected chi connectivity index (χ0v) is 15.3. The lowest BCUT2D eigenvalue weighted by molar-refractivity contribution is -0.137. The summed E-state index contributed by atoms with van der Waals surface area (Å²) >= 11 is 0. The maximum atomic E-state index is 10.8. The Morgan fingerprint density at radius 1 is 0.704 bits per heavy atom. The molecule has 3 nitrogen and oxygen atoms in total. The van der Waals surface area contributed by atoms with Gasteiger partial charge < -0.3 is 5.11 Å². The van der Waals surface area contributed by atoms with Gasteiger partial charge in [0.25, 0.3) is 0 Å². The topological polar surface area (TPSA) is 49.3 Å². The summed E-state index contributed by atoms with van der Waals surface area (Å²) in [6.45, 7) is 0.728. The Labute approximate surface area is 160 Å². The second-order valence-electron chi connectivity index (χ2n) is 6.63. The van der Waals surface area contributed by atoms with Crippen LogP contribution in [0, 0.1) is 0 Å². The summed E-state index contributed by atoms with van der Waals surface area (Å²) < 4.78 is 0. The van der Waals surface area contributed by atoms with Crippen molar-refractivity contribution in [3.63, 3.8) is 0 Å². The summed E-state index contributed by atoms with van der Waals surface area (Å²) in [7, 11) is 0. The van der Waals surface area contributed by atoms with Crippen molar-refractivity contribution in [3.8, 4) is 0 Å². The Balaban J connectivity index is 2.02. The molecule has 0 radical (unpaired) electrons. The minimum absolute atomic E-state index is 0.205. The van der Waals surface area contributed by atoms with Gasteiger partial charge in [0.05, 0.1) is 5.54 Å². The zero-order chi connectivity index (χ0) is 19.0. The molecule has 0 atom stereocenters. The summed E-state index contributed by atoms with van der Waals surface area (Å²) in [6.07, 6.45) is 1.67. The van der Waals surface area contributed by atoms with Crippen molar-refractivity contribution in [1.82, 2.24) is 5.32 Å². The van der Waals surface area contributed by atoms with Gasteiger partial charge >= 0.3 is 5.97 Å². The summed E-state index contributed by atoms with van der Waals surface area (Å²) in [6, 6.07) is 31.3. The third-order valence-electron chi connectivity index (χ3n) is 4.83. The van der Waals surface area contributed by atoms with Crippen LogP contribution in [0.5, 0.6) is 0 Å². The van der Waals surface area contributed by atoms with Crippen molar-refractivity contribution in [3.05, 3.63) is 108 Å². The molecule has 0 fully saturated rings. The largest absolute Gasteiger partial charge is 0.481 e. The molecular formula is C24H25NO2. The van der Waals surface area contributed by atoms with Crippen LogP contribution < -0.4 is 5.32 Å². The van der Waals surface area contributed by atoms with Gasteiger partial charge in [0, 0.05) is 6.42 Å². The van der Waals surface area contributed by atoms with Crippen molar-refractivity contribution in [2.75, 3.05) is 6.54 Å². The first kappa shape index (κ1) is 18.9. The van der Waals surface area contributed by atoms with E-state index in [9.17, 15) is 4.79 Å². The van der Waals surface area contributed by atoms with Gasteiger partial charge in [0.15, 0.2) is 0 Å². The number of carbonyl (C=O) groups is 1.